The molecule has 0 unspecified atom stereocenters. The molecule has 3 aromatic rings. The SMILES string of the molecule is OCc1cccc2c(CCCCN3CCC4=C(Cc5ccccc54)C3)c[nH]c12. The predicted octanol–water partition coefficient (Wildman–Crippen LogP) is 4.70. The summed E-state index contributed by atoms with van der Waals surface area (Å²) in [6.07, 6.45) is 8.03. The van der Waals surface area contributed by atoms with E-state index in [4.69, 9.17) is 0 Å². The number of H-pyrrole nitrogens is 1. The number of rotatable bonds is 6. The number of benzene rings is 2. The number of nitrogens with one attached hydrogen (secondary N) is 1. The van der Waals surface area contributed by atoms with E-state index >= 15 is 0 Å². The van der Waals surface area contributed by atoms with Gasteiger partial charge in [0, 0.05) is 30.2 Å². The minimum absolute atomic E-state index is 0.0912. The molecule has 3 heteroatoms. The van der Waals surface area contributed by atoms with Gasteiger partial charge in [-0.05, 0) is 66.5 Å². The van der Waals surface area contributed by atoms with Crippen LogP contribution in [0.5, 0.6) is 0 Å². The van der Waals surface area contributed by atoms with Crippen molar-refractivity contribution < 1.29 is 5.11 Å². The zero-order valence-electron chi connectivity index (χ0n) is 16.4. The highest BCUT2D eigenvalue weighted by molar-refractivity contribution is 5.86. The van der Waals surface area contributed by atoms with Gasteiger partial charge in [0.05, 0.1) is 12.1 Å². The first-order valence-electron chi connectivity index (χ1n) is 10.5. The van der Waals surface area contributed by atoms with Crippen molar-refractivity contribution >= 4 is 16.5 Å². The molecule has 5 rings (SSSR count). The molecule has 1 aliphatic heterocycles. The van der Waals surface area contributed by atoms with E-state index in [9.17, 15) is 5.11 Å². The summed E-state index contributed by atoms with van der Waals surface area (Å²) in [4.78, 5) is 6.00. The Morgan fingerprint density at radius 2 is 1.93 bits per heavy atom. The lowest BCUT2D eigenvalue weighted by Crippen LogP contribution is -2.31. The molecular formula is C25H28N2O. The molecule has 0 atom stereocenters. The molecule has 0 saturated carbocycles. The lowest BCUT2D eigenvalue weighted by atomic mass is 9.99. The molecule has 28 heavy (non-hydrogen) atoms. The molecule has 0 bridgehead atoms. The lowest BCUT2D eigenvalue weighted by Gasteiger charge is -2.28. The summed E-state index contributed by atoms with van der Waals surface area (Å²) in [6, 6.07) is 15.1. The number of hydrogen-bond donors (Lipinski definition) is 2. The van der Waals surface area contributed by atoms with E-state index in [0.717, 1.165) is 30.5 Å². The third-order valence-corrected chi connectivity index (χ3v) is 6.49. The van der Waals surface area contributed by atoms with Crippen molar-refractivity contribution in [2.24, 2.45) is 0 Å². The number of unbranched alkanes of at least 4 members (excludes halogenated alkanes) is 1. The highest BCUT2D eigenvalue weighted by Crippen LogP contribution is 2.37. The molecule has 0 spiro atoms. The van der Waals surface area contributed by atoms with Crippen LogP contribution in [-0.4, -0.2) is 34.6 Å². The zero-order valence-corrected chi connectivity index (χ0v) is 16.4. The van der Waals surface area contributed by atoms with Gasteiger partial charge in [0.25, 0.3) is 0 Å². The number of nitrogens with zero attached hydrogens (tertiary/aromatic N) is 1. The Balaban J connectivity index is 1.15. The number of fused-ring (bicyclic) bond motifs is 3. The smallest absolute Gasteiger partial charge is 0.0702 e. The summed E-state index contributed by atoms with van der Waals surface area (Å²) in [5, 5.41) is 10.8. The highest BCUT2D eigenvalue weighted by atomic mass is 16.3. The number of aryl methyl sites for hydroxylation is 1. The standard InChI is InChI=1S/C25H28N2O/c28-17-20-8-5-10-24-19(15-26-25(20)24)7-3-4-12-27-13-11-23-21(16-27)14-18-6-1-2-9-22(18)23/h1-2,5-6,8-10,15,26,28H,3-4,7,11-14,16-17H2. The van der Waals surface area contributed by atoms with Crippen LogP contribution in [0.1, 0.15) is 41.5 Å². The van der Waals surface area contributed by atoms with Crippen molar-refractivity contribution in [1.82, 2.24) is 9.88 Å². The summed E-state index contributed by atoms with van der Waals surface area (Å²) in [6.45, 7) is 3.63. The first kappa shape index (κ1) is 17.7. The van der Waals surface area contributed by atoms with E-state index in [0.29, 0.717) is 0 Å². The third kappa shape index (κ3) is 3.19. The number of aromatic amines is 1. The Hall–Kier alpha value is -2.36. The Bertz CT molecular complexity index is 1030. The molecule has 1 aromatic heterocycles. The van der Waals surface area contributed by atoms with Gasteiger partial charge < -0.3 is 10.1 Å². The molecule has 144 valence electrons. The van der Waals surface area contributed by atoms with Crippen molar-refractivity contribution in [2.45, 2.75) is 38.7 Å². The Morgan fingerprint density at radius 3 is 2.86 bits per heavy atom. The van der Waals surface area contributed by atoms with E-state index in [2.05, 4.69) is 46.4 Å². The van der Waals surface area contributed by atoms with Crippen molar-refractivity contribution in [3.05, 3.63) is 76.5 Å². The first-order chi connectivity index (χ1) is 13.8. The van der Waals surface area contributed by atoms with Crippen LogP contribution in [0.4, 0.5) is 0 Å². The highest BCUT2D eigenvalue weighted by Gasteiger charge is 2.26. The Kier molecular flexibility index (Phi) is 4.79. The van der Waals surface area contributed by atoms with Crippen LogP contribution in [-0.2, 0) is 19.4 Å². The van der Waals surface area contributed by atoms with Gasteiger partial charge in [-0.3, -0.25) is 4.90 Å². The molecule has 0 amide bonds. The second-order valence-corrected chi connectivity index (χ2v) is 8.21. The fourth-order valence-electron chi connectivity index (χ4n) is 5.03. The van der Waals surface area contributed by atoms with E-state index in [1.54, 1.807) is 11.1 Å². The van der Waals surface area contributed by atoms with E-state index < -0.39 is 0 Å². The summed E-state index contributed by atoms with van der Waals surface area (Å²) in [7, 11) is 0. The maximum atomic E-state index is 9.50. The Morgan fingerprint density at radius 1 is 1.00 bits per heavy atom. The lowest BCUT2D eigenvalue weighted by molar-refractivity contribution is 0.283. The van der Waals surface area contributed by atoms with Crippen LogP contribution in [0.2, 0.25) is 0 Å². The monoisotopic (exact) mass is 372 g/mol. The number of hydrogen-bond acceptors (Lipinski definition) is 2. The minimum Gasteiger partial charge on any atom is -0.392 e. The van der Waals surface area contributed by atoms with Crippen LogP contribution in [0.25, 0.3) is 16.5 Å². The molecule has 3 nitrogen and oxygen atoms in total. The summed E-state index contributed by atoms with van der Waals surface area (Å²) >= 11 is 0. The Labute approximate surface area is 166 Å². The van der Waals surface area contributed by atoms with Crippen molar-refractivity contribution in [2.75, 3.05) is 19.6 Å². The van der Waals surface area contributed by atoms with Crippen LogP contribution in [0.3, 0.4) is 0 Å². The first-order valence-corrected chi connectivity index (χ1v) is 10.5. The van der Waals surface area contributed by atoms with Crippen LogP contribution < -0.4 is 0 Å². The molecule has 0 saturated heterocycles. The molecule has 2 N–H and O–H groups in total. The fourth-order valence-corrected chi connectivity index (χ4v) is 5.03. The normalized spacial score (nSPS) is 16.6. The summed E-state index contributed by atoms with van der Waals surface area (Å²) in [5.41, 5.74) is 9.77. The maximum Gasteiger partial charge on any atom is 0.0702 e. The van der Waals surface area contributed by atoms with Crippen molar-refractivity contribution in [3.8, 4) is 0 Å². The molecule has 2 aliphatic rings. The molecule has 2 heterocycles. The van der Waals surface area contributed by atoms with Crippen LogP contribution in [0, 0.1) is 0 Å². The van der Waals surface area contributed by atoms with Gasteiger partial charge >= 0.3 is 0 Å². The van der Waals surface area contributed by atoms with E-state index in [-0.39, 0.29) is 6.61 Å². The minimum atomic E-state index is 0.0912. The quantitative estimate of drug-likeness (QED) is 0.616. The molecule has 2 aromatic carbocycles. The zero-order chi connectivity index (χ0) is 18.9. The maximum absolute atomic E-state index is 9.50. The average molecular weight is 373 g/mol. The third-order valence-electron chi connectivity index (χ3n) is 6.49. The largest absolute Gasteiger partial charge is 0.392 e. The summed E-state index contributed by atoms with van der Waals surface area (Å²) < 4.78 is 0. The van der Waals surface area contributed by atoms with Crippen molar-refractivity contribution in [1.29, 1.82) is 0 Å². The predicted molar refractivity (Wildman–Crippen MR) is 115 cm³/mol. The van der Waals surface area contributed by atoms with E-state index in [1.807, 2.05) is 12.1 Å². The molecule has 0 fully saturated rings. The van der Waals surface area contributed by atoms with Crippen LogP contribution in [0.15, 0.2) is 54.2 Å². The van der Waals surface area contributed by atoms with Gasteiger partial charge in [-0.15, -0.1) is 0 Å². The van der Waals surface area contributed by atoms with E-state index in [1.165, 1.54) is 54.4 Å². The fraction of sp³-hybridized carbons (Fsp3) is 0.360. The van der Waals surface area contributed by atoms with Crippen LogP contribution >= 0.6 is 0 Å². The number of aliphatic hydroxyl groups is 1. The average Bonchev–Trinajstić information content (AvgIpc) is 3.32. The summed E-state index contributed by atoms with van der Waals surface area (Å²) in [5.74, 6) is 0. The second kappa shape index (κ2) is 7.57. The van der Waals surface area contributed by atoms with Gasteiger partial charge in [-0.1, -0.05) is 42.5 Å². The molecule has 0 radical (unpaired) electrons. The van der Waals surface area contributed by atoms with Gasteiger partial charge in [0.1, 0.15) is 0 Å². The van der Waals surface area contributed by atoms with Crippen molar-refractivity contribution in [3.63, 3.8) is 0 Å². The van der Waals surface area contributed by atoms with Gasteiger partial charge in [0.15, 0.2) is 0 Å². The van der Waals surface area contributed by atoms with Gasteiger partial charge in [-0.2, -0.15) is 0 Å². The number of aliphatic hydroxyl groups excluding tert-OH is 1. The van der Waals surface area contributed by atoms with Gasteiger partial charge in [0.2, 0.25) is 0 Å². The molecular weight excluding hydrogens is 344 g/mol. The number of para-hydroxylation sites is 1. The topological polar surface area (TPSA) is 39.3 Å². The molecule has 1 aliphatic carbocycles. The number of aromatic nitrogens is 1. The van der Waals surface area contributed by atoms with Gasteiger partial charge in [-0.25, -0.2) is 0 Å². The second-order valence-electron chi connectivity index (χ2n) is 8.21.